The number of hydrogen-bond donors (Lipinski definition) is 1. The van der Waals surface area contributed by atoms with E-state index >= 15 is 0 Å². The Hall–Kier alpha value is -0.480. The van der Waals surface area contributed by atoms with Gasteiger partial charge >= 0.3 is 0 Å². The molecule has 0 saturated heterocycles. The highest BCUT2D eigenvalue weighted by atomic mass is 79.9. The maximum Gasteiger partial charge on any atom is 0.244 e. The Balaban J connectivity index is 3.03. The van der Waals surface area contributed by atoms with Crippen molar-refractivity contribution in [1.82, 2.24) is 0 Å². The van der Waals surface area contributed by atoms with Crippen LogP contribution in [0.3, 0.4) is 0 Å². The summed E-state index contributed by atoms with van der Waals surface area (Å²) in [6, 6.07) is 6.80. The molecule has 0 aliphatic heterocycles. The summed E-state index contributed by atoms with van der Waals surface area (Å²) in [6.07, 6.45) is -2.29. The molecule has 1 aromatic rings. The van der Waals surface area contributed by atoms with Gasteiger partial charge in [0.05, 0.1) is 11.5 Å². The van der Waals surface area contributed by atoms with Crippen molar-refractivity contribution in [2.24, 2.45) is 5.92 Å². The Morgan fingerprint density at radius 3 is 2.19 bits per heavy atom. The van der Waals surface area contributed by atoms with Crippen LogP contribution in [0.15, 0.2) is 28.7 Å². The summed E-state index contributed by atoms with van der Waals surface area (Å²) in [4.78, 5) is 0. The second-order valence-electron chi connectivity index (χ2n) is 4.00. The predicted octanol–water partition coefficient (Wildman–Crippen LogP) is 3.95. The lowest BCUT2D eigenvalue weighted by Crippen LogP contribution is -2.36. The highest BCUT2D eigenvalue weighted by Crippen LogP contribution is 2.35. The lowest BCUT2D eigenvalue weighted by molar-refractivity contribution is -0.0798. The van der Waals surface area contributed by atoms with Crippen LogP contribution in [0.2, 0.25) is 0 Å². The first kappa shape index (κ1) is 13.6. The first-order valence-corrected chi connectivity index (χ1v) is 5.95. The van der Waals surface area contributed by atoms with Crippen molar-refractivity contribution in [3.8, 4) is 0 Å². The van der Waals surface area contributed by atoms with Gasteiger partial charge in [-0.05, 0) is 31.0 Å². The highest BCUT2D eigenvalue weighted by Gasteiger charge is 2.38. The van der Waals surface area contributed by atoms with Crippen LogP contribution in [-0.4, -0.2) is 11.5 Å². The maximum atomic E-state index is 12.8. The van der Waals surface area contributed by atoms with Gasteiger partial charge in [0.1, 0.15) is 0 Å². The van der Waals surface area contributed by atoms with Gasteiger partial charge in [-0.2, -0.15) is 0 Å². The number of benzene rings is 1. The van der Waals surface area contributed by atoms with Crippen molar-refractivity contribution in [2.45, 2.75) is 32.3 Å². The standard InChI is InChI=1S/C12H15BrF2O/c1-3-10(11(14)15)12(2,16)8-4-6-9(13)7-5-8/h4-7,10-11,16H,3H2,1-2H3. The third kappa shape index (κ3) is 2.80. The van der Waals surface area contributed by atoms with E-state index in [1.807, 2.05) is 0 Å². The Kier molecular flexibility index (Phi) is 4.44. The van der Waals surface area contributed by atoms with Crippen LogP contribution in [0.1, 0.15) is 25.8 Å². The van der Waals surface area contributed by atoms with E-state index in [9.17, 15) is 13.9 Å². The van der Waals surface area contributed by atoms with Crippen molar-refractivity contribution in [1.29, 1.82) is 0 Å². The molecule has 90 valence electrons. The van der Waals surface area contributed by atoms with Gasteiger partial charge < -0.3 is 5.11 Å². The minimum absolute atomic E-state index is 0.237. The molecule has 0 bridgehead atoms. The lowest BCUT2D eigenvalue weighted by atomic mass is 9.81. The van der Waals surface area contributed by atoms with Crippen molar-refractivity contribution in [3.05, 3.63) is 34.3 Å². The predicted molar refractivity (Wildman–Crippen MR) is 63.5 cm³/mol. The van der Waals surface area contributed by atoms with E-state index in [-0.39, 0.29) is 6.42 Å². The molecular formula is C12H15BrF2O. The third-order valence-corrected chi connectivity index (χ3v) is 3.42. The molecule has 1 N–H and O–H groups in total. The topological polar surface area (TPSA) is 20.2 Å². The van der Waals surface area contributed by atoms with Crippen LogP contribution in [0, 0.1) is 5.92 Å². The van der Waals surface area contributed by atoms with Crippen LogP contribution >= 0.6 is 15.9 Å². The molecule has 1 aromatic carbocycles. The number of aliphatic hydroxyl groups is 1. The molecule has 0 aromatic heterocycles. The van der Waals surface area contributed by atoms with Gasteiger partial charge in [0.25, 0.3) is 0 Å². The largest absolute Gasteiger partial charge is 0.385 e. The monoisotopic (exact) mass is 292 g/mol. The van der Waals surface area contributed by atoms with Crippen LogP contribution in [0.5, 0.6) is 0 Å². The lowest BCUT2D eigenvalue weighted by Gasteiger charge is -2.32. The summed E-state index contributed by atoms with van der Waals surface area (Å²) >= 11 is 3.27. The molecule has 2 unspecified atom stereocenters. The maximum absolute atomic E-state index is 12.8. The fraction of sp³-hybridized carbons (Fsp3) is 0.500. The smallest absolute Gasteiger partial charge is 0.244 e. The summed E-state index contributed by atoms with van der Waals surface area (Å²) in [5.74, 6) is -1.05. The Morgan fingerprint density at radius 1 is 1.31 bits per heavy atom. The summed E-state index contributed by atoms with van der Waals surface area (Å²) < 4.78 is 26.4. The second-order valence-corrected chi connectivity index (χ2v) is 4.92. The summed E-state index contributed by atoms with van der Waals surface area (Å²) in [6.45, 7) is 3.10. The molecule has 2 atom stereocenters. The SMILES string of the molecule is CCC(C(F)F)C(C)(O)c1ccc(Br)cc1. The molecule has 0 fully saturated rings. The first-order valence-electron chi connectivity index (χ1n) is 5.16. The minimum atomic E-state index is -2.52. The zero-order valence-corrected chi connectivity index (χ0v) is 10.8. The molecule has 0 amide bonds. The number of halogens is 3. The number of alkyl halides is 2. The average Bonchev–Trinajstić information content (AvgIpc) is 2.18. The summed E-state index contributed by atoms with van der Waals surface area (Å²) in [5, 5.41) is 10.2. The van der Waals surface area contributed by atoms with Crippen molar-refractivity contribution in [3.63, 3.8) is 0 Å². The van der Waals surface area contributed by atoms with Crippen molar-refractivity contribution >= 4 is 15.9 Å². The molecule has 1 rings (SSSR count). The minimum Gasteiger partial charge on any atom is -0.385 e. The molecule has 1 nitrogen and oxygen atoms in total. The highest BCUT2D eigenvalue weighted by molar-refractivity contribution is 9.10. The van der Waals surface area contributed by atoms with E-state index in [0.717, 1.165) is 4.47 Å². The van der Waals surface area contributed by atoms with E-state index in [0.29, 0.717) is 5.56 Å². The Bertz CT molecular complexity index is 335. The van der Waals surface area contributed by atoms with E-state index < -0.39 is 17.9 Å². The quantitative estimate of drug-likeness (QED) is 0.891. The van der Waals surface area contributed by atoms with Gasteiger partial charge in [0, 0.05) is 4.47 Å². The molecule has 16 heavy (non-hydrogen) atoms. The summed E-state index contributed by atoms with van der Waals surface area (Å²) in [5.41, 5.74) is -0.980. The van der Waals surface area contributed by atoms with Gasteiger partial charge in [-0.3, -0.25) is 0 Å². The van der Waals surface area contributed by atoms with Crippen LogP contribution in [-0.2, 0) is 5.60 Å². The molecule has 0 aliphatic carbocycles. The van der Waals surface area contributed by atoms with Gasteiger partial charge in [0.15, 0.2) is 0 Å². The zero-order chi connectivity index (χ0) is 12.3. The Labute approximate surface area is 103 Å². The fourth-order valence-electron chi connectivity index (χ4n) is 1.82. The number of rotatable bonds is 4. The molecule has 0 saturated carbocycles. The van der Waals surface area contributed by atoms with E-state index in [1.165, 1.54) is 6.92 Å². The fourth-order valence-corrected chi connectivity index (χ4v) is 2.09. The molecule has 0 aliphatic rings. The molecule has 0 radical (unpaired) electrons. The van der Waals surface area contributed by atoms with Crippen molar-refractivity contribution < 1.29 is 13.9 Å². The number of hydrogen-bond acceptors (Lipinski definition) is 1. The van der Waals surface area contributed by atoms with Crippen LogP contribution < -0.4 is 0 Å². The van der Waals surface area contributed by atoms with E-state index in [4.69, 9.17) is 0 Å². The second kappa shape index (κ2) is 5.23. The van der Waals surface area contributed by atoms with Crippen LogP contribution in [0.25, 0.3) is 0 Å². The third-order valence-electron chi connectivity index (χ3n) is 2.89. The van der Waals surface area contributed by atoms with Gasteiger partial charge in [0.2, 0.25) is 6.43 Å². The first-order chi connectivity index (χ1) is 7.39. The van der Waals surface area contributed by atoms with Gasteiger partial charge in [-0.25, -0.2) is 8.78 Å². The van der Waals surface area contributed by atoms with Crippen molar-refractivity contribution in [2.75, 3.05) is 0 Å². The molecule has 4 heteroatoms. The van der Waals surface area contributed by atoms with Crippen LogP contribution in [0.4, 0.5) is 8.78 Å². The molecule has 0 heterocycles. The normalized spacial score (nSPS) is 17.2. The molecule has 0 spiro atoms. The van der Waals surface area contributed by atoms with Gasteiger partial charge in [-0.15, -0.1) is 0 Å². The van der Waals surface area contributed by atoms with Gasteiger partial charge in [-0.1, -0.05) is 35.0 Å². The summed E-state index contributed by atoms with van der Waals surface area (Å²) in [7, 11) is 0. The Morgan fingerprint density at radius 2 is 1.81 bits per heavy atom. The zero-order valence-electron chi connectivity index (χ0n) is 9.25. The molecular weight excluding hydrogens is 278 g/mol. The van der Waals surface area contributed by atoms with E-state index in [2.05, 4.69) is 15.9 Å². The average molecular weight is 293 g/mol. The van der Waals surface area contributed by atoms with E-state index in [1.54, 1.807) is 31.2 Å².